The number of nitrogens with two attached hydrogens (primary N) is 1. The van der Waals surface area contributed by atoms with Crippen molar-refractivity contribution in [1.29, 1.82) is 0 Å². The van der Waals surface area contributed by atoms with Gasteiger partial charge in [-0.2, -0.15) is 0 Å². The molecule has 1 aromatic carbocycles. The Bertz CT molecular complexity index is 430. The highest BCUT2D eigenvalue weighted by Gasteiger charge is 2.37. The topological polar surface area (TPSA) is 55.5 Å². The van der Waals surface area contributed by atoms with E-state index in [4.69, 9.17) is 10.5 Å². The molecule has 106 valence electrons. The monoisotopic (exact) mass is 327 g/mol. The molecule has 0 saturated heterocycles. The van der Waals surface area contributed by atoms with Gasteiger partial charge in [-0.3, -0.25) is 0 Å². The first-order valence-corrected chi connectivity index (χ1v) is 7.66. The molecule has 0 aromatic heterocycles. The van der Waals surface area contributed by atoms with E-state index in [1.807, 2.05) is 18.2 Å². The van der Waals surface area contributed by atoms with Crippen molar-refractivity contribution in [3.63, 3.8) is 0 Å². The number of methoxy groups -OCH3 is 1. The van der Waals surface area contributed by atoms with E-state index in [9.17, 15) is 5.11 Å². The summed E-state index contributed by atoms with van der Waals surface area (Å²) in [5.41, 5.74) is 6.37. The lowest BCUT2D eigenvalue weighted by Crippen LogP contribution is -2.41. The number of hydrogen-bond donors (Lipinski definition) is 2. The zero-order chi connectivity index (χ0) is 13.9. The molecule has 3 nitrogen and oxygen atoms in total. The van der Waals surface area contributed by atoms with E-state index in [0.717, 1.165) is 41.5 Å². The van der Waals surface area contributed by atoms with Gasteiger partial charge < -0.3 is 15.6 Å². The summed E-state index contributed by atoms with van der Waals surface area (Å²) in [5, 5.41) is 10.9. The van der Waals surface area contributed by atoms with E-state index < -0.39 is 5.60 Å². The van der Waals surface area contributed by atoms with Crippen molar-refractivity contribution in [3.05, 3.63) is 28.2 Å². The molecule has 1 aliphatic carbocycles. The summed E-state index contributed by atoms with van der Waals surface area (Å²) >= 11 is 3.50. The standard InChI is InChI=1S/C15H22BrNO2/c1-19-14-6-5-11(9-13(14)16)12(10-17)15(18)7-3-2-4-8-15/h5-6,9,12,18H,2-4,7-8,10,17H2,1H3. The third kappa shape index (κ3) is 3.12. The SMILES string of the molecule is COc1ccc(C(CN)C2(O)CCCCC2)cc1Br. The Balaban J connectivity index is 2.28. The van der Waals surface area contributed by atoms with Gasteiger partial charge in [-0.25, -0.2) is 0 Å². The molecule has 2 rings (SSSR count). The quantitative estimate of drug-likeness (QED) is 0.892. The molecule has 19 heavy (non-hydrogen) atoms. The van der Waals surface area contributed by atoms with Crippen molar-refractivity contribution >= 4 is 15.9 Å². The van der Waals surface area contributed by atoms with Crippen molar-refractivity contribution in [2.45, 2.75) is 43.6 Å². The first kappa shape index (κ1) is 14.8. The molecular weight excluding hydrogens is 306 g/mol. The highest BCUT2D eigenvalue weighted by Crippen LogP contribution is 2.40. The van der Waals surface area contributed by atoms with Gasteiger partial charge in [0.1, 0.15) is 5.75 Å². The Morgan fingerprint density at radius 1 is 1.37 bits per heavy atom. The summed E-state index contributed by atoms with van der Waals surface area (Å²) in [7, 11) is 1.65. The Kier molecular flexibility index (Phi) is 4.87. The van der Waals surface area contributed by atoms with Gasteiger partial charge in [-0.1, -0.05) is 25.3 Å². The smallest absolute Gasteiger partial charge is 0.133 e. The first-order chi connectivity index (χ1) is 9.10. The largest absolute Gasteiger partial charge is 0.496 e. The van der Waals surface area contributed by atoms with Gasteiger partial charge in [0.2, 0.25) is 0 Å². The molecule has 0 aliphatic heterocycles. The van der Waals surface area contributed by atoms with E-state index in [1.54, 1.807) is 7.11 Å². The second kappa shape index (κ2) is 6.25. The predicted molar refractivity (Wildman–Crippen MR) is 80.5 cm³/mol. The number of ether oxygens (including phenoxy) is 1. The highest BCUT2D eigenvalue weighted by atomic mass is 79.9. The summed E-state index contributed by atoms with van der Waals surface area (Å²) in [6.45, 7) is 0.468. The van der Waals surface area contributed by atoms with Crippen LogP contribution in [0, 0.1) is 0 Å². The molecule has 1 aliphatic rings. The van der Waals surface area contributed by atoms with Crippen molar-refractivity contribution in [2.24, 2.45) is 5.73 Å². The lowest BCUT2D eigenvalue weighted by Gasteiger charge is -2.39. The molecule has 0 spiro atoms. The van der Waals surface area contributed by atoms with Crippen molar-refractivity contribution < 1.29 is 9.84 Å². The maximum Gasteiger partial charge on any atom is 0.133 e. The van der Waals surface area contributed by atoms with Crippen molar-refractivity contribution in [3.8, 4) is 5.75 Å². The number of benzene rings is 1. The average molecular weight is 328 g/mol. The molecule has 3 N–H and O–H groups in total. The lowest BCUT2D eigenvalue weighted by atomic mass is 9.73. The second-order valence-electron chi connectivity index (χ2n) is 5.35. The first-order valence-electron chi connectivity index (χ1n) is 6.86. The molecular formula is C15H22BrNO2. The van der Waals surface area contributed by atoms with Gasteiger partial charge in [0.25, 0.3) is 0 Å². The summed E-state index contributed by atoms with van der Waals surface area (Å²) < 4.78 is 6.15. The van der Waals surface area contributed by atoms with Crippen LogP contribution in [0.15, 0.2) is 22.7 Å². The molecule has 1 atom stereocenters. The fourth-order valence-corrected chi connectivity index (χ4v) is 3.64. The molecule has 1 fully saturated rings. The van der Waals surface area contributed by atoms with Crippen LogP contribution in [0.4, 0.5) is 0 Å². The fourth-order valence-electron chi connectivity index (χ4n) is 3.08. The van der Waals surface area contributed by atoms with Gasteiger partial charge in [-0.15, -0.1) is 0 Å². The molecule has 1 aromatic rings. The van der Waals surface area contributed by atoms with Gasteiger partial charge in [0, 0.05) is 12.5 Å². The number of hydrogen-bond acceptors (Lipinski definition) is 3. The Morgan fingerprint density at radius 3 is 2.58 bits per heavy atom. The number of aliphatic hydroxyl groups is 1. The maximum absolute atomic E-state index is 10.9. The van der Waals surface area contributed by atoms with Crippen molar-refractivity contribution in [1.82, 2.24) is 0 Å². The summed E-state index contributed by atoms with van der Waals surface area (Å²) in [6, 6.07) is 5.95. The normalized spacial score (nSPS) is 20.0. The van der Waals surface area contributed by atoms with E-state index in [1.165, 1.54) is 6.42 Å². The van der Waals surface area contributed by atoms with Crippen LogP contribution >= 0.6 is 15.9 Å². The minimum Gasteiger partial charge on any atom is -0.496 e. The minimum absolute atomic E-state index is 0.00462. The van der Waals surface area contributed by atoms with E-state index in [0.29, 0.717) is 6.54 Å². The Morgan fingerprint density at radius 2 is 2.05 bits per heavy atom. The number of halogens is 1. The van der Waals surface area contributed by atoms with Crippen LogP contribution in [0.3, 0.4) is 0 Å². The van der Waals surface area contributed by atoms with Crippen LogP contribution in [0.1, 0.15) is 43.6 Å². The molecule has 0 amide bonds. The van der Waals surface area contributed by atoms with E-state index in [-0.39, 0.29) is 5.92 Å². The maximum atomic E-state index is 10.9. The number of rotatable bonds is 4. The fraction of sp³-hybridized carbons (Fsp3) is 0.600. The summed E-state index contributed by atoms with van der Waals surface area (Å²) in [4.78, 5) is 0. The molecule has 4 heteroatoms. The molecule has 0 bridgehead atoms. The van der Waals surface area contributed by atoms with Crippen molar-refractivity contribution in [2.75, 3.05) is 13.7 Å². The summed E-state index contributed by atoms with van der Waals surface area (Å²) in [6.07, 6.45) is 5.08. The van der Waals surface area contributed by atoms with E-state index in [2.05, 4.69) is 15.9 Å². The third-order valence-corrected chi connectivity index (χ3v) is 4.80. The van der Waals surface area contributed by atoms with Gasteiger partial charge >= 0.3 is 0 Å². The highest BCUT2D eigenvalue weighted by molar-refractivity contribution is 9.10. The van der Waals surface area contributed by atoms with Crippen LogP contribution in [0.5, 0.6) is 5.75 Å². The second-order valence-corrected chi connectivity index (χ2v) is 6.20. The van der Waals surface area contributed by atoms with Gasteiger partial charge in [0.05, 0.1) is 17.2 Å². The summed E-state index contributed by atoms with van der Waals surface area (Å²) in [5.74, 6) is 0.796. The zero-order valence-corrected chi connectivity index (χ0v) is 12.9. The zero-order valence-electron chi connectivity index (χ0n) is 11.4. The van der Waals surface area contributed by atoms with Gasteiger partial charge in [0.15, 0.2) is 0 Å². The Labute approximate surface area is 123 Å². The molecule has 0 radical (unpaired) electrons. The predicted octanol–water partition coefficient (Wildman–Crippen LogP) is 3.20. The van der Waals surface area contributed by atoms with Crippen LogP contribution in [-0.2, 0) is 0 Å². The van der Waals surface area contributed by atoms with Crippen LogP contribution in [-0.4, -0.2) is 24.4 Å². The molecule has 1 unspecified atom stereocenters. The molecule has 1 saturated carbocycles. The minimum atomic E-state index is -0.652. The van der Waals surface area contributed by atoms with Crippen LogP contribution < -0.4 is 10.5 Å². The third-order valence-electron chi connectivity index (χ3n) is 4.18. The lowest BCUT2D eigenvalue weighted by molar-refractivity contribution is -0.0194. The van der Waals surface area contributed by atoms with Gasteiger partial charge in [-0.05, 0) is 46.5 Å². The Hall–Kier alpha value is -0.580. The average Bonchev–Trinajstić information content (AvgIpc) is 2.40. The molecule has 0 heterocycles. The van der Waals surface area contributed by atoms with Crippen LogP contribution in [0.25, 0.3) is 0 Å². The van der Waals surface area contributed by atoms with Crippen LogP contribution in [0.2, 0.25) is 0 Å². The van der Waals surface area contributed by atoms with E-state index >= 15 is 0 Å².